The number of hydrogen-bond acceptors (Lipinski definition) is 3. The first-order valence-corrected chi connectivity index (χ1v) is 31.3. The molecule has 9 aromatic carbocycles. The van der Waals surface area contributed by atoms with E-state index in [1.807, 2.05) is 12.1 Å². The Hall–Kier alpha value is -8.92. The average molecular weight is 1150 g/mol. The summed E-state index contributed by atoms with van der Waals surface area (Å²) in [5, 5.41) is 4.80. The summed E-state index contributed by atoms with van der Waals surface area (Å²) in [4.78, 5) is 20.6. The van der Waals surface area contributed by atoms with E-state index >= 15 is 0 Å². The molecule has 12 rings (SSSR count). The van der Waals surface area contributed by atoms with Gasteiger partial charge in [0.2, 0.25) is 0 Å². The first-order chi connectivity index (χ1) is 41.3. The van der Waals surface area contributed by atoms with Gasteiger partial charge in [-0.1, -0.05) is 216 Å². The van der Waals surface area contributed by atoms with Crippen molar-refractivity contribution in [2.45, 2.75) is 157 Å². The lowest BCUT2D eigenvalue weighted by atomic mass is 9.79. The van der Waals surface area contributed by atoms with Gasteiger partial charge in [-0.3, -0.25) is 0 Å². The number of nitrogens with zero attached hydrogens (tertiary/aromatic N) is 6. The molecule has 0 bridgehead atoms. The highest BCUT2D eigenvalue weighted by Gasteiger charge is 2.29. The Morgan fingerprint density at radius 2 is 0.614 bits per heavy atom. The van der Waals surface area contributed by atoms with E-state index in [9.17, 15) is 0 Å². The maximum atomic E-state index is 7.86. The number of fused-ring (bicyclic) bond motifs is 6. The fourth-order valence-electron chi connectivity index (χ4n) is 12.3. The predicted octanol–water partition coefficient (Wildman–Crippen LogP) is 22.7. The molecular weight excluding hydrogens is 1070 g/mol. The molecule has 6 nitrogen and oxygen atoms in total. The van der Waals surface area contributed by atoms with Crippen LogP contribution in [0.2, 0.25) is 0 Å². The minimum Gasteiger partial charge on any atom is -0.309 e. The van der Waals surface area contributed by atoms with Crippen LogP contribution in [0.1, 0.15) is 158 Å². The van der Waals surface area contributed by atoms with Crippen LogP contribution in [-0.4, -0.2) is 24.1 Å². The van der Waals surface area contributed by atoms with Crippen LogP contribution in [0.3, 0.4) is 0 Å². The zero-order valence-electron chi connectivity index (χ0n) is 55.0. The Kier molecular flexibility index (Phi) is 14.3. The quantitative estimate of drug-likeness (QED) is 0.149. The molecule has 0 aliphatic rings. The lowest BCUT2D eigenvalue weighted by Crippen LogP contribution is -2.17. The molecule has 0 fully saturated rings. The number of benzene rings is 9. The summed E-state index contributed by atoms with van der Waals surface area (Å²) in [5.41, 5.74) is 20.8. The zero-order valence-corrected chi connectivity index (χ0v) is 55.0. The molecule has 0 aliphatic heterocycles. The molecule has 0 saturated carbocycles. The molecule has 88 heavy (non-hydrogen) atoms. The minimum absolute atomic E-state index is 0.0540. The molecule has 442 valence electrons. The smallest absolute Gasteiger partial charge is 0.187 e. The molecule has 0 unspecified atom stereocenters. The summed E-state index contributed by atoms with van der Waals surface area (Å²) in [6, 6.07) is 67.4. The number of rotatable bonds is 7. The molecule has 3 heterocycles. The zero-order chi connectivity index (χ0) is 62.8. The topological polar surface area (TPSA) is 52.9 Å². The van der Waals surface area contributed by atoms with Crippen molar-refractivity contribution in [3.8, 4) is 67.8 Å². The van der Waals surface area contributed by atoms with E-state index in [0.717, 1.165) is 72.4 Å². The Bertz CT molecular complexity index is 4620. The summed E-state index contributed by atoms with van der Waals surface area (Å²) in [6.45, 7) is 49.0. The van der Waals surface area contributed by atoms with Crippen molar-refractivity contribution in [1.29, 1.82) is 0 Å². The van der Waals surface area contributed by atoms with E-state index < -0.39 is 0 Å². The lowest BCUT2D eigenvalue weighted by molar-refractivity contribution is 0.568. The van der Waals surface area contributed by atoms with Gasteiger partial charge in [0.25, 0.3) is 0 Å². The van der Waals surface area contributed by atoms with Crippen molar-refractivity contribution in [2.75, 3.05) is 0 Å². The molecule has 3 aromatic heterocycles. The van der Waals surface area contributed by atoms with Crippen molar-refractivity contribution in [2.24, 2.45) is 0 Å². The van der Waals surface area contributed by atoms with E-state index in [1.54, 1.807) is 0 Å². The van der Waals surface area contributed by atoms with Crippen LogP contribution in [0.5, 0.6) is 0 Å². The summed E-state index contributed by atoms with van der Waals surface area (Å²) in [6.07, 6.45) is 0. The van der Waals surface area contributed by atoms with Crippen LogP contribution < -0.4 is 0 Å². The maximum absolute atomic E-state index is 7.86. The molecule has 0 spiro atoms. The summed E-state index contributed by atoms with van der Waals surface area (Å²) in [5.74, 6) is 1.84. The van der Waals surface area contributed by atoms with Gasteiger partial charge >= 0.3 is 0 Å². The van der Waals surface area contributed by atoms with Crippen LogP contribution in [0, 0.1) is 6.57 Å². The minimum atomic E-state index is -0.139. The third kappa shape index (κ3) is 11.0. The van der Waals surface area contributed by atoms with Crippen LogP contribution in [0.4, 0.5) is 5.69 Å². The molecular formula is C82H84N6. The van der Waals surface area contributed by atoms with Crippen LogP contribution >= 0.6 is 0 Å². The highest BCUT2D eigenvalue weighted by molar-refractivity contribution is 6.12. The van der Waals surface area contributed by atoms with Gasteiger partial charge in [0.15, 0.2) is 23.2 Å². The Balaban J connectivity index is 1.23. The van der Waals surface area contributed by atoms with Gasteiger partial charge in [0.1, 0.15) is 0 Å². The summed E-state index contributed by atoms with van der Waals surface area (Å²) in [7, 11) is 0. The molecule has 0 N–H and O–H groups in total. The van der Waals surface area contributed by atoms with Crippen molar-refractivity contribution in [3.63, 3.8) is 0 Å². The monoisotopic (exact) mass is 1150 g/mol. The Morgan fingerprint density at radius 3 is 0.989 bits per heavy atom. The van der Waals surface area contributed by atoms with Gasteiger partial charge in [-0.05, 0) is 168 Å². The molecule has 0 amide bonds. The maximum Gasteiger partial charge on any atom is 0.187 e. The van der Waals surface area contributed by atoms with Gasteiger partial charge in [-0.2, -0.15) is 0 Å². The molecule has 0 radical (unpaired) electrons. The number of para-hydroxylation sites is 2. The first kappa shape index (κ1) is 59.4. The van der Waals surface area contributed by atoms with Gasteiger partial charge < -0.3 is 9.13 Å². The molecule has 6 heteroatoms. The van der Waals surface area contributed by atoms with Gasteiger partial charge in [-0.15, -0.1) is 0 Å². The fraction of sp³-hybridized carbons (Fsp3) is 0.293. The summed E-state index contributed by atoms with van der Waals surface area (Å²) < 4.78 is 4.94. The second-order valence-corrected chi connectivity index (χ2v) is 30.7. The number of hydrogen-bond donors (Lipinski definition) is 0. The van der Waals surface area contributed by atoms with Gasteiger partial charge in [0.05, 0.1) is 40.0 Å². The molecule has 0 atom stereocenters. The van der Waals surface area contributed by atoms with Crippen molar-refractivity contribution < 1.29 is 0 Å². The van der Waals surface area contributed by atoms with E-state index in [-0.39, 0.29) is 32.5 Å². The average Bonchev–Trinajstić information content (AvgIpc) is 1.58. The van der Waals surface area contributed by atoms with Crippen LogP contribution in [0.15, 0.2) is 182 Å². The molecule has 12 aromatic rings. The second kappa shape index (κ2) is 21.2. The highest BCUT2D eigenvalue weighted by atomic mass is 15.0. The third-order valence-corrected chi connectivity index (χ3v) is 17.9. The van der Waals surface area contributed by atoms with Gasteiger partial charge in [0, 0.05) is 49.4 Å². The first-order valence-electron chi connectivity index (χ1n) is 31.3. The highest BCUT2D eigenvalue weighted by Crippen LogP contribution is 2.46. The van der Waals surface area contributed by atoms with Crippen molar-refractivity contribution in [1.82, 2.24) is 24.1 Å². The third-order valence-electron chi connectivity index (χ3n) is 17.9. The van der Waals surface area contributed by atoms with Crippen LogP contribution in [-0.2, 0) is 32.5 Å². The lowest BCUT2D eigenvalue weighted by Gasteiger charge is -2.26. The SMILES string of the molecule is [C-]#[N+]c1ccc(-c2ccc(-n3c4ccccc4c4cc(C(C)(C)C)ccc43)c(-c3cc(-c4nc(-c5cc(C(C)(C)C)cc(C(C)(C)C)c5)nc(-c5cc(C(C)(C)C)cc(C(C)(C)C)c5)n4)ccc3-n3c4ccccc4c4cc(C(C)(C)C)ccc43)c2)cc1. The standard InChI is InChI=1S/C82H84N6/c1-77(2,3)55-32-38-72-66(48-55)62-24-20-22-26-68(62)87(72)70-36-30-51(50-28-34-61(83-19)35-29-50)44-64(70)65-45-52(31-37-71(65)88-69-27-23-21-25-63(69)67-49-56(78(4,5)6)33-39-73(67)88)74-84-75(53-40-57(79(7,8)9)46-58(41-53)80(10,11)12)86-76(85-74)54-42-59(81(13,14)15)47-60(43-54)82(16,17)18/h20-49H,1-18H3. The Labute approximate surface area is 522 Å². The largest absolute Gasteiger partial charge is 0.309 e. The van der Waals surface area contributed by atoms with E-state index in [4.69, 9.17) is 21.5 Å². The summed E-state index contributed by atoms with van der Waals surface area (Å²) >= 11 is 0. The van der Waals surface area contributed by atoms with Gasteiger partial charge in [-0.25, -0.2) is 19.8 Å². The van der Waals surface area contributed by atoms with Crippen LogP contribution in [0.25, 0.3) is 116 Å². The van der Waals surface area contributed by atoms with E-state index in [0.29, 0.717) is 23.2 Å². The second-order valence-electron chi connectivity index (χ2n) is 30.7. The Morgan fingerprint density at radius 1 is 0.284 bits per heavy atom. The van der Waals surface area contributed by atoms with Crippen molar-refractivity contribution >= 4 is 49.3 Å². The molecule has 0 aliphatic carbocycles. The predicted molar refractivity (Wildman–Crippen MR) is 374 cm³/mol. The van der Waals surface area contributed by atoms with E-state index in [1.165, 1.54) is 54.9 Å². The van der Waals surface area contributed by atoms with Crippen molar-refractivity contribution in [3.05, 3.63) is 227 Å². The fourth-order valence-corrected chi connectivity index (χ4v) is 12.3. The van der Waals surface area contributed by atoms with E-state index in [2.05, 4.69) is 308 Å². The molecule has 0 saturated heterocycles. The normalized spacial score (nSPS) is 12.9. The number of aromatic nitrogens is 5.